The largest absolute Gasteiger partial charge is 0.474 e. The molecule has 2 aliphatic rings. The summed E-state index contributed by atoms with van der Waals surface area (Å²) in [5.74, 6) is -0.424. The molecule has 1 saturated carbocycles. The summed E-state index contributed by atoms with van der Waals surface area (Å²) in [6, 6.07) is 8.66. The molecule has 41 heavy (non-hydrogen) atoms. The molecule has 1 aromatic carbocycles. The normalized spacial score (nSPS) is 20.7. The minimum atomic E-state index is -1.17. The molecule has 4 aromatic rings. The van der Waals surface area contributed by atoms with Crippen LogP contribution in [0, 0.1) is 17.6 Å². The van der Waals surface area contributed by atoms with Crippen LogP contribution in [0.4, 0.5) is 8.78 Å². The maximum Gasteiger partial charge on any atom is 0.296 e. The Labute approximate surface area is 234 Å². The lowest BCUT2D eigenvalue weighted by molar-refractivity contribution is -0.141. The average Bonchev–Trinajstić information content (AvgIpc) is 3.42. The van der Waals surface area contributed by atoms with Gasteiger partial charge in [-0.2, -0.15) is 5.10 Å². The lowest BCUT2D eigenvalue weighted by Gasteiger charge is -2.40. The van der Waals surface area contributed by atoms with Crippen LogP contribution in [0.3, 0.4) is 0 Å². The number of carbonyl (C=O) groups is 1. The summed E-state index contributed by atoms with van der Waals surface area (Å²) >= 11 is 0. The van der Waals surface area contributed by atoms with Crippen molar-refractivity contribution in [2.75, 3.05) is 13.1 Å². The van der Waals surface area contributed by atoms with Crippen LogP contribution in [-0.4, -0.2) is 64.9 Å². The van der Waals surface area contributed by atoms with Crippen molar-refractivity contribution >= 4 is 11.6 Å². The molecular weight excluding hydrogens is 534 g/mol. The van der Waals surface area contributed by atoms with Gasteiger partial charge in [0.05, 0.1) is 30.2 Å². The first kappa shape index (κ1) is 27.0. The van der Waals surface area contributed by atoms with Crippen LogP contribution in [0.1, 0.15) is 38.5 Å². The second kappa shape index (κ2) is 11.0. The Bertz CT molecular complexity index is 1590. The van der Waals surface area contributed by atoms with Gasteiger partial charge in [0.15, 0.2) is 0 Å². The Kier molecular flexibility index (Phi) is 7.24. The van der Waals surface area contributed by atoms with Gasteiger partial charge in [-0.15, -0.1) is 0 Å². The standard InChI is InChI=1S/C29H30F2N6O4/c30-21-5-1-19(2-6-21)24-16-33-26-28(39)36(18-34-37(24)26)17-29(40)11-13-35(14-12-29)27(38)20-3-8-23(9-4-20)41-25-10-7-22(31)15-32-25/h1-2,5-7,10,15-16,18,20,23,40H,3-4,8-9,11-14,17H2/t20-,23+. The van der Waals surface area contributed by atoms with E-state index < -0.39 is 17.0 Å². The smallest absolute Gasteiger partial charge is 0.296 e. The van der Waals surface area contributed by atoms with Crippen molar-refractivity contribution in [3.8, 4) is 17.1 Å². The molecule has 1 aliphatic heterocycles. The number of rotatable bonds is 6. The number of likely N-dealkylation sites (tertiary alicyclic amines) is 1. The van der Waals surface area contributed by atoms with Crippen molar-refractivity contribution < 1.29 is 23.4 Å². The van der Waals surface area contributed by atoms with Crippen molar-refractivity contribution in [3.63, 3.8) is 0 Å². The number of aromatic nitrogens is 5. The quantitative estimate of drug-likeness (QED) is 0.383. The van der Waals surface area contributed by atoms with Gasteiger partial charge < -0.3 is 14.7 Å². The van der Waals surface area contributed by atoms with Crippen molar-refractivity contribution in [3.05, 3.63) is 77.1 Å². The Balaban J connectivity index is 1.04. The molecule has 1 aliphatic carbocycles. The second-order valence-electron chi connectivity index (χ2n) is 10.9. The van der Waals surface area contributed by atoms with Crippen LogP contribution in [0.2, 0.25) is 0 Å². The van der Waals surface area contributed by atoms with Gasteiger partial charge in [-0.05, 0) is 68.9 Å². The lowest BCUT2D eigenvalue weighted by Crippen LogP contribution is -2.51. The van der Waals surface area contributed by atoms with Gasteiger partial charge in [-0.25, -0.2) is 23.3 Å². The van der Waals surface area contributed by atoms with Crippen LogP contribution >= 0.6 is 0 Å². The Hall–Kier alpha value is -4.19. The van der Waals surface area contributed by atoms with Crippen LogP contribution in [0.15, 0.2) is 59.9 Å². The molecule has 6 rings (SSSR count). The van der Waals surface area contributed by atoms with Crippen LogP contribution in [0.25, 0.3) is 16.9 Å². The number of amides is 1. The fourth-order valence-corrected chi connectivity index (χ4v) is 5.74. The fourth-order valence-electron chi connectivity index (χ4n) is 5.74. The van der Waals surface area contributed by atoms with Gasteiger partial charge in [0.2, 0.25) is 17.4 Å². The number of fused-ring (bicyclic) bond motifs is 1. The van der Waals surface area contributed by atoms with Gasteiger partial charge in [-0.3, -0.25) is 14.2 Å². The number of hydrogen-bond acceptors (Lipinski definition) is 7. The number of aliphatic hydroxyl groups is 1. The molecule has 10 nitrogen and oxygen atoms in total. The van der Waals surface area contributed by atoms with E-state index in [2.05, 4.69) is 15.1 Å². The van der Waals surface area contributed by atoms with Gasteiger partial charge in [0.1, 0.15) is 24.1 Å². The molecule has 3 aromatic heterocycles. The molecule has 0 spiro atoms. The molecule has 1 N–H and O–H groups in total. The maximum atomic E-state index is 13.3. The number of nitrogens with zero attached hydrogens (tertiary/aromatic N) is 6. The molecule has 214 valence electrons. The number of hydrogen-bond donors (Lipinski definition) is 1. The summed E-state index contributed by atoms with van der Waals surface area (Å²) in [7, 11) is 0. The SMILES string of the molecule is O=c1c2ncc(-c3ccc(F)cc3)n2ncn1CC1(O)CCN(C(=O)[C@H]2CC[C@@H](Oc3ccc(F)cn3)CC2)CC1. The van der Waals surface area contributed by atoms with E-state index in [4.69, 9.17) is 4.74 Å². The van der Waals surface area contributed by atoms with E-state index in [0.29, 0.717) is 68.8 Å². The van der Waals surface area contributed by atoms with Gasteiger partial charge in [-0.1, -0.05) is 0 Å². The molecule has 1 amide bonds. The first-order valence-corrected chi connectivity index (χ1v) is 13.8. The molecule has 0 unspecified atom stereocenters. The predicted octanol–water partition coefficient (Wildman–Crippen LogP) is 3.22. The van der Waals surface area contributed by atoms with Crippen LogP contribution in [-0.2, 0) is 11.3 Å². The van der Waals surface area contributed by atoms with Crippen molar-refractivity contribution in [2.45, 2.75) is 56.8 Å². The van der Waals surface area contributed by atoms with E-state index in [1.165, 1.54) is 45.9 Å². The molecule has 0 atom stereocenters. The molecule has 1 saturated heterocycles. The molecular formula is C29H30F2N6O4. The Morgan fingerprint density at radius 3 is 2.37 bits per heavy atom. The van der Waals surface area contributed by atoms with Crippen LogP contribution in [0.5, 0.6) is 5.88 Å². The first-order valence-electron chi connectivity index (χ1n) is 13.8. The lowest BCUT2D eigenvalue weighted by atomic mass is 9.85. The summed E-state index contributed by atoms with van der Waals surface area (Å²) in [6.45, 7) is 0.831. The first-order chi connectivity index (χ1) is 19.8. The van der Waals surface area contributed by atoms with E-state index in [1.807, 2.05) is 0 Å². The average molecular weight is 565 g/mol. The molecule has 4 heterocycles. The highest BCUT2D eigenvalue weighted by atomic mass is 19.1. The van der Waals surface area contributed by atoms with E-state index in [-0.39, 0.29) is 35.9 Å². The number of imidazole rings is 1. The summed E-state index contributed by atoms with van der Waals surface area (Å²) < 4.78 is 35.0. The van der Waals surface area contributed by atoms with Crippen LogP contribution < -0.4 is 10.3 Å². The number of benzene rings is 1. The molecule has 2 fully saturated rings. The minimum absolute atomic E-state index is 0.0377. The zero-order valence-corrected chi connectivity index (χ0v) is 22.3. The minimum Gasteiger partial charge on any atom is -0.474 e. The summed E-state index contributed by atoms with van der Waals surface area (Å²) in [5.41, 5.74) is -0.221. The number of pyridine rings is 1. The number of halogens is 2. The second-order valence-corrected chi connectivity index (χ2v) is 10.9. The zero-order valence-electron chi connectivity index (χ0n) is 22.3. The highest BCUT2D eigenvalue weighted by Gasteiger charge is 2.37. The van der Waals surface area contributed by atoms with Gasteiger partial charge >= 0.3 is 0 Å². The third-order valence-corrected chi connectivity index (χ3v) is 8.12. The topological polar surface area (TPSA) is 115 Å². The molecule has 0 bridgehead atoms. The van der Waals surface area contributed by atoms with E-state index in [1.54, 1.807) is 17.0 Å². The predicted molar refractivity (Wildman–Crippen MR) is 144 cm³/mol. The number of ether oxygens (including phenoxy) is 1. The number of carbonyl (C=O) groups excluding carboxylic acids is 1. The highest BCUT2D eigenvalue weighted by molar-refractivity contribution is 5.79. The van der Waals surface area contributed by atoms with Gasteiger partial charge in [0, 0.05) is 30.6 Å². The number of piperidine rings is 1. The van der Waals surface area contributed by atoms with Crippen molar-refractivity contribution in [2.24, 2.45) is 5.92 Å². The van der Waals surface area contributed by atoms with Crippen molar-refractivity contribution in [1.82, 2.24) is 29.0 Å². The summed E-state index contributed by atoms with van der Waals surface area (Å²) in [5, 5.41) is 15.7. The zero-order chi connectivity index (χ0) is 28.6. The van der Waals surface area contributed by atoms with E-state index in [0.717, 1.165) is 6.20 Å². The van der Waals surface area contributed by atoms with Gasteiger partial charge in [0.25, 0.3) is 5.56 Å². The Morgan fingerprint density at radius 2 is 1.68 bits per heavy atom. The summed E-state index contributed by atoms with van der Waals surface area (Å²) in [6.07, 6.45) is 7.42. The Morgan fingerprint density at radius 1 is 0.976 bits per heavy atom. The fraction of sp³-hybridized carbons (Fsp3) is 0.414. The van der Waals surface area contributed by atoms with E-state index in [9.17, 15) is 23.5 Å². The third kappa shape index (κ3) is 5.69. The van der Waals surface area contributed by atoms with E-state index >= 15 is 0 Å². The monoisotopic (exact) mass is 564 g/mol. The molecule has 12 heteroatoms. The molecule has 0 radical (unpaired) electrons. The maximum absolute atomic E-state index is 13.3. The summed E-state index contributed by atoms with van der Waals surface area (Å²) in [4.78, 5) is 36.3. The third-order valence-electron chi connectivity index (χ3n) is 8.12. The van der Waals surface area contributed by atoms with Crippen molar-refractivity contribution in [1.29, 1.82) is 0 Å². The highest BCUT2D eigenvalue weighted by Crippen LogP contribution is 2.31.